The van der Waals surface area contributed by atoms with Crippen molar-refractivity contribution >= 4 is 54.0 Å². The smallest absolute Gasteiger partial charge is 0.252 e. The first kappa shape index (κ1) is 17.3. The van der Waals surface area contributed by atoms with E-state index in [1.54, 1.807) is 24.6 Å². The molecule has 0 aliphatic rings. The zero-order valence-electron chi connectivity index (χ0n) is 12.8. The summed E-state index contributed by atoms with van der Waals surface area (Å²) in [5, 5.41) is 5.83. The number of fused-ring (bicyclic) bond motifs is 1. The number of aromatic nitrogens is 2. The molecular weight excluding hydrogens is 412 g/mol. The molecule has 0 amide bonds. The van der Waals surface area contributed by atoms with Crippen LogP contribution in [-0.2, 0) is 10.0 Å². The maximum absolute atomic E-state index is 12.4. The molecule has 2 heterocycles. The number of halogens is 1. The Morgan fingerprint density at radius 1 is 1.29 bits per heavy atom. The van der Waals surface area contributed by atoms with Crippen molar-refractivity contribution in [1.29, 1.82) is 0 Å². The molecule has 126 valence electrons. The molecule has 1 N–H and O–H groups in total. The number of sulfonamides is 1. The summed E-state index contributed by atoms with van der Waals surface area (Å²) in [6.45, 7) is 0.777. The summed E-state index contributed by atoms with van der Waals surface area (Å²) in [7, 11) is -1.85. The number of thiophene rings is 1. The van der Waals surface area contributed by atoms with E-state index in [0.717, 1.165) is 15.4 Å². The van der Waals surface area contributed by atoms with Gasteiger partial charge < -0.3 is 5.32 Å². The molecule has 3 aromatic rings. The summed E-state index contributed by atoms with van der Waals surface area (Å²) < 4.78 is 27.4. The maximum Gasteiger partial charge on any atom is 0.252 e. The first-order chi connectivity index (χ1) is 11.5. The van der Waals surface area contributed by atoms with Crippen LogP contribution in [0.4, 0.5) is 5.82 Å². The van der Waals surface area contributed by atoms with Crippen LogP contribution in [0, 0.1) is 0 Å². The Labute approximate surface area is 152 Å². The van der Waals surface area contributed by atoms with Crippen molar-refractivity contribution in [1.82, 2.24) is 14.3 Å². The Hall–Kier alpha value is -1.55. The van der Waals surface area contributed by atoms with Crippen LogP contribution in [0.15, 0.2) is 50.7 Å². The van der Waals surface area contributed by atoms with E-state index in [1.807, 2.05) is 18.2 Å². The number of nitrogens with one attached hydrogen (secondary N) is 1. The van der Waals surface area contributed by atoms with Gasteiger partial charge in [-0.3, -0.25) is 0 Å². The number of hydrogen-bond donors (Lipinski definition) is 1. The summed E-state index contributed by atoms with van der Waals surface area (Å²) in [5.74, 6) is 0.684. The van der Waals surface area contributed by atoms with E-state index in [4.69, 9.17) is 0 Å². The van der Waals surface area contributed by atoms with Crippen LogP contribution in [0.1, 0.15) is 0 Å². The Morgan fingerprint density at radius 3 is 2.88 bits per heavy atom. The van der Waals surface area contributed by atoms with Gasteiger partial charge in [0.15, 0.2) is 0 Å². The van der Waals surface area contributed by atoms with Gasteiger partial charge in [-0.15, -0.1) is 11.3 Å². The second-order valence-electron chi connectivity index (χ2n) is 5.07. The molecule has 0 saturated heterocycles. The van der Waals surface area contributed by atoms with Crippen LogP contribution in [0.3, 0.4) is 0 Å². The van der Waals surface area contributed by atoms with E-state index >= 15 is 0 Å². The number of benzene rings is 1. The fourth-order valence-corrected chi connectivity index (χ4v) is 4.92. The number of anilines is 1. The lowest BCUT2D eigenvalue weighted by atomic mass is 10.2. The minimum Gasteiger partial charge on any atom is -0.368 e. The number of likely N-dealkylation sites (N-methyl/N-ethyl adjacent to an activating group) is 1. The minimum absolute atomic E-state index is 0.333. The second kappa shape index (κ2) is 7.14. The number of hydrogen-bond acceptors (Lipinski definition) is 6. The van der Waals surface area contributed by atoms with Gasteiger partial charge in [0, 0.05) is 30.0 Å². The van der Waals surface area contributed by atoms with Crippen molar-refractivity contribution in [3.05, 3.63) is 46.5 Å². The highest BCUT2D eigenvalue weighted by molar-refractivity contribution is 9.10. The van der Waals surface area contributed by atoms with E-state index in [9.17, 15) is 8.42 Å². The highest BCUT2D eigenvalue weighted by Crippen LogP contribution is 2.23. The van der Waals surface area contributed by atoms with Crippen molar-refractivity contribution < 1.29 is 8.42 Å². The average molecular weight is 427 g/mol. The van der Waals surface area contributed by atoms with E-state index in [0.29, 0.717) is 23.1 Å². The summed E-state index contributed by atoms with van der Waals surface area (Å²) in [4.78, 5) is 8.47. The molecule has 9 heteroatoms. The van der Waals surface area contributed by atoms with Crippen LogP contribution >= 0.6 is 27.3 Å². The highest BCUT2D eigenvalue weighted by Gasteiger charge is 2.21. The molecule has 0 aliphatic carbocycles. The summed E-state index contributed by atoms with van der Waals surface area (Å²) >= 11 is 4.65. The average Bonchev–Trinajstić information content (AvgIpc) is 3.10. The van der Waals surface area contributed by atoms with Gasteiger partial charge in [0.25, 0.3) is 10.0 Å². The highest BCUT2D eigenvalue weighted by atomic mass is 79.9. The predicted octanol–water partition coefficient (Wildman–Crippen LogP) is 3.19. The molecule has 2 aromatic heterocycles. The largest absolute Gasteiger partial charge is 0.368 e. The molecule has 0 spiro atoms. The predicted molar refractivity (Wildman–Crippen MR) is 99.9 cm³/mol. The maximum atomic E-state index is 12.4. The van der Waals surface area contributed by atoms with Crippen LogP contribution in [-0.4, -0.2) is 42.8 Å². The molecule has 0 fully saturated rings. The van der Waals surface area contributed by atoms with E-state index in [1.165, 1.54) is 22.0 Å². The van der Waals surface area contributed by atoms with Gasteiger partial charge in [-0.1, -0.05) is 22.0 Å². The lowest BCUT2D eigenvalue weighted by Crippen LogP contribution is -2.31. The Morgan fingerprint density at radius 2 is 2.12 bits per heavy atom. The molecule has 0 bridgehead atoms. The molecule has 0 atom stereocenters. The molecule has 24 heavy (non-hydrogen) atoms. The van der Waals surface area contributed by atoms with E-state index in [2.05, 4.69) is 31.2 Å². The van der Waals surface area contributed by atoms with Crippen LogP contribution in [0.25, 0.3) is 10.9 Å². The first-order valence-electron chi connectivity index (χ1n) is 7.12. The third-order valence-electron chi connectivity index (χ3n) is 3.48. The summed E-state index contributed by atoms with van der Waals surface area (Å²) in [6.07, 6.45) is 1.49. The number of rotatable bonds is 6. The normalized spacial score (nSPS) is 12.0. The molecule has 0 saturated carbocycles. The van der Waals surface area contributed by atoms with E-state index in [-0.39, 0.29) is 0 Å². The SMILES string of the molecule is CN(CCNc1ncnc2ccc(Br)cc12)S(=O)(=O)c1cccs1. The van der Waals surface area contributed by atoms with Crippen molar-refractivity contribution in [2.24, 2.45) is 0 Å². The molecule has 0 radical (unpaired) electrons. The lowest BCUT2D eigenvalue weighted by molar-refractivity contribution is 0.482. The van der Waals surface area contributed by atoms with Gasteiger partial charge in [-0.2, -0.15) is 4.31 Å². The van der Waals surface area contributed by atoms with Crippen LogP contribution < -0.4 is 5.32 Å². The third kappa shape index (κ3) is 3.59. The van der Waals surface area contributed by atoms with Crippen LogP contribution in [0.2, 0.25) is 0 Å². The monoisotopic (exact) mass is 426 g/mol. The molecule has 6 nitrogen and oxygen atoms in total. The third-order valence-corrected chi connectivity index (χ3v) is 7.20. The van der Waals surface area contributed by atoms with Gasteiger partial charge in [0.05, 0.1) is 5.52 Å². The van der Waals surface area contributed by atoms with Crippen molar-refractivity contribution in [2.75, 3.05) is 25.5 Å². The fourth-order valence-electron chi connectivity index (χ4n) is 2.19. The second-order valence-corrected chi connectivity index (χ2v) is 9.20. The summed E-state index contributed by atoms with van der Waals surface area (Å²) in [6, 6.07) is 9.10. The first-order valence-corrected chi connectivity index (χ1v) is 10.2. The van der Waals surface area contributed by atoms with Gasteiger partial charge in [-0.25, -0.2) is 18.4 Å². The molecular formula is C15H15BrN4O2S2. The topological polar surface area (TPSA) is 75.2 Å². The molecule has 0 aliphatic heterocycles. The lowest BCUT2D eigenvalue weighted by Gasteiger charge is -2.16. The molecule has 1 aromatic carbocycles. The van der Waals surface area contributed by atoms with Crippen molar-refractivity contribution in [3.8, 4) is 0 Å². The van der Waals surface area contributed by atoms with E-state index < -0.39 is 10.0 Å². The van der Waals surface area contributed by atoms with Gasteiger partial charge in [0.1, 0.15) is 16.4 Å². The number of nitrogens with zero attached hydrogens (tertiary/aromatic N) is 3. The van der Waals surface area contributed by atoms with Gasteiger partial charge in [0.2, 0.25) is 0 Å². The van der Waals surface area contributed by atoms with Crippen molar-refractivity contribution in [3.63, 3.8) is 0 Å². The minimum atomic E-state index is -3.43. The zero-order valence-corrected chi connectivity index (χ0v) is 16.0. The molecule has 0 unspecified atom stereocenters. The standard InChI is InChI=1S/C15H15BrN4O2S2/c1-20(24(21,22)14-3-2-8-23-14)7-6-17-15-12-9-11(16)4-5-13(12)18-10-19-15/h2-5,8-10H,6-7H2,1H3,(H,17,18,19). The van der Waals surface area contributed by atoms with Crippen LogP contribution in [0.5, 0.6) is 0 Å². The van der Waals surface area contributed by atoms with Gasteiger partial charge in [-0.05, 0) is 29.6 Å². The Kier molecular flexibility index (Phi) is 5.14. The fraction of sp³-hybridized carbons (Fsp3) is 0.200. The quantitative estimate of drug-likeness (QED) is 0.654. The van der Waals surface area contributed by atoms with Crippen molar-refractivity contribution in [2.45, 2.75) is 4.21 Å². The zero-order chi connectivity index (χ0) is 17.2. The Bertz CT molecular complexity index is 945. The summed E-state index contributed by atoms with van der Waals surface area (Å²) in [5.41, 5.74) is 0.829. The van der Waals surface area contributed by atoms with Gasteiger partial charge >= 0.3 is 0 Å². The Balaban J connectivity index is 1.70. The molecule has 3 rings (SSSR count).